The second kappa shape index (κ2) is 4.07. The number of nitrogens with zero attached hydrogens (tertiary/aromatic N) is 1. The average molecular weight is 157 g/mol. The average Bonchev–Trinajstić information content (AvgIpc) is 2.50. The summed E-state index contributed by atoms with van der Waals surface area (Å²) in [5, 5.41) is 8.91. The van der Waals surface area contributed by atoms with Crippen molar-refractivity contribution in [1.29, 1.82) is 0 Å². The molecule has 0 aliphatic carbocycles. The third kappa shape index (κ3) is 2.17. The Balaban J connectivity index is 2.29. The predicted octanol–water partition coefficient (Wildman–Crippen LogP) is 1.10. The van der Waals surface area contributed by atoms with E-state index >= 15 is 0 Å². The van der Waals surface area contributed by atoms with Gasteiger partial charge in [0.25, 0.3) is 0 Å². The van der Waals surface area contributed by atoms with Crippen LogP contribution in [0.4, 0.5) is 0 Å². The fourth-order valence-electron chi connectivity index (χ4n) is 1.67. The van der Waals surface area contributed by atoms with Gasteiger partial charge in [0.1, 0.15) is 0 Å². The molecule has 0 amide bonds. The van der Waals surface area contributed by atoms with Gasteiger partial charge in [-0.3, -0.25) is 0 Å². The molecular weight excluding hydrogens is 138 g/mol. The maximum absolute atomic E-state index is 8.91. The van der Waals surface area contributed by atoms with Gasteiger partial charge < -0.3 is 10.0 Å². The molecule has 0 saturated carbocycles. The number of likely N-dealkylation sites (tertiary alicyclic amines) is 1. The first-order valence-electron chi connectivity index (χ1n) is 4.62. The van der Waals surface area contributed by atoms with Crippen LogP contribution in [-0.4, -0.2) is 35.7 Å². The number of rotatable bonds is 3. The minimum Gasteiger partial charge on any atom is -0.396 e. The lowest BCUT2D eigenvalue weighted by molar-refractivity contribution is 0.202. The van der Waals surface area contributed by atoms with Crippen molar-refractivity contribution in [1.82, 2.24) is 4.90 Å². The zero-order chi connectivity index (χ0) is 8.27. The Bertz CT molecular complexity index is 116. The summed E-state index contributed by atoms with van der Waals surface area (Å²) in [7, 11) is 0. The summed E-state index contributed by atoms with van der Waals surface area (Å²) in [4.78, 5) is 2.47. The summed E-state index contributed by atoms with van der Waals surface area (Å²) in [6.45, 7) is 7.13. The first-order chi connectivity index (χ1) is 5.27. The Labute approximate surface area is 69.2 Å². The van der Waals surface area contributed by atoms with Crippen LogP contribution in [0.2, 0.25) is 0 Å². The first-order valence-corrected chi connectivity index (χ1v) is 4.62. The highest BCUT2D eigenvalue weighted by atomic mass is 16.3. The number of hydrogen-bond acceptors (Lipinski definition) is 2. The maximum Gasteiger partial charge on any atom is 0.0471 e. The lowest BCUT2D eigenvalue weighted by atomic mass is 10.1. The SMILES string of the molecule is CCC(C)N1CC[C@@H](CO)C1. The highest BCUT2D eigenvalue weighted by Gasteiger charge is 2.24. The van der Waals surface area contributed by atoms with Gasteiger partial charge in [-0.2, -0.15) is 0 Å². The molecule has 66 valence electrons. The largest absolute Gasteiger partial charge is 0.396 e. The van der Waals surface area contributed by atoms with Gasteiger partial charge in [-0.1, -0.05) is 6.92 Å². The van der Waals surface area contributed by atoms with Gasteiger partial charge in [0.15, 0.2) is 0 Å². The molecule has 0 aromatic rings. The quantitative estimate of drug-likeness (QED) is 0.663. The van der Waals surface area contributed by atoms with Crippen molar-refractivity contribution >= 4 is 0 Å². The normalized spacial score (nSPS) is 29.2. The standard InChI is InChI=1S/C9H19NO/c1-3-8(2)10-5-4-9(6-10)7-11/h8-9,11H,3-7H2,1-2H3/t8?,9-/m1/s1. The van der Waals surface area contributed by atoms with Crippen molar-refractivity contribution in [3.05, 3.63) is 0 Å². The van der Waals surface area contributed by atoms with Gasteiger partial charge in [0.2, 0.25) is 0 Å². The molecule has 1 N–H and O–H groups in total. The summed E-state index contributed by atoms with van der Waals surface area (Å²) in [5.74, 6) is 0.545. The van der Waals surface area contributed by atoms with Gasteiger partial charge in [-0.05, 0) is 32.2 Å². The molecular formula is C9H19NO. The molecule has 2 heteroatoms. The van der Waals surface area contributed by atoms with Crippen molar-refractivity contribution in [3.63, 3.8) is 0 Å². The smallest absolute Gasteiger partial charge is 0.0471 e. The minimum absolute atomic E-state index is 0.368. The number of hydrogen-bond donors (Lipinski definition) is 1. The van der Waals surface area contributed by atoms with Crippen molar-refractivity contribution in [2.24, 2.45) is 5.92 Å². The molecule has 0 bridgehead atoms. The summed E-state index contributed by atoms with van der Waals surface area (Å²) in [5.41, 5.74) is 0. The van der Waals surface area contributed by atoms with E-state index in [0.717, 1.165) is 6.54 Å². The van der Waals surface area contributed by atoms with E-state index in [0.29, 0.717) is 18.6 Å². The Kier molecular flexibility index (Phi) is 3.34. The van der Waals surface area contributed by atoms with Crippen molar-refractivity contribution in [2.45, 2.75) is 32.7 Å². The van der Waals surface area contributed by atoms with Crippen LogP contribution in [-0.2, 0) is 0 Å². The Morgan fingerprint density at radius 3 is 2.82 bits per heavy atom. The molecule has 11 heavy (non-hydrogen) atoms. The Morgan fingerprint density at radius 1 is 1.64 bits per heavy atom. The van der Waals surface area contributed by atoms with Crippen LogP contribution in [0, 0.1) is 5.92 Å². The van der Waals surface area contributed by atoms with E-state index in [1.165, 1.54) is 19.4 Å². The summed E-state index contributed by atoms with van der Waals surface area (Å²) < 4.78 is 0. The maximum atomic E-state index is 8.91. The molecule has 1 heterocycles. The Hall–Kier alpha value is -0.0800. The van der Waals surface area contributed by atoms with Gasteiger partial charge in [-0.15, -0.1) is 0 Å². The van der Waals surface area contributed by atoms with Crippen molar-refractivity contribution in [3.8, 4) is 0 Å². The molecule has 1 fully saturated rings. The van der Waals surface area contributed by atoms with Crippen LogP contribution < -0.4 is 0 Å². The molecule has 1 unspecified atom stereocenters. The number of aliphatic hydroxyl groups excluding tert-OH is 1. The molecule has 1 rings (SSSR count). The van der Waals surface area contributed by atoms with E-state index in [2.05, 4.69) is 18.7 Å². The number of aliphatic hydroxyl groups is 1. The van der Waals surface area contributed by atoms with E-state index < -0.39 is 0 Å². The van der Waals surface area contributed by atoms with Crippen LogP contribution in [0.5, 0.6) is 0 Å². The molecule has 1 aliphatic rings. The lowest BCUT2D eigenvalue weighted by Crippen LogP contribution is -2.30. The highest BCUT2D eigenvalue weighted by molar-refractivity contribution is 4.78. The van der Waals surface area contributed by atoms with E-state index in [-0.39, 0.29) is 0 Å². The molecule has 2 nitrogen and oxygen atoms in total. The zero-order valence-electron chi connectivity index (χ0n) is 7.58. The van der Waals surface area contributed by atoms with E-state index in [1.54, 1.807) is 0 Å². The van der Waals surface area contributed by atoms with Crippen molar-refractivity contribution < 1.29 is 5.11 Å². The highest BCUT2D eigenvalue weighted by Crippen LogP contribution is 2.18. The van der Waals surface area contributed by atoms with Gasteiger partial charge in [0, 0.05) is 19.2 Å². The van der Waals surface area contributed by atoms with E-state index in [9.17, 15) is 0 Å². The monoisotopic (exact) mass is 157 g/mol. The predicted molar refractivity (Wildman–Crippen MR) is 46.5 cm³/mol. The van der Waals surface area contributed by atoms with E-state index in [1.807, 2.05) is 0 Å². The second-order valence-electron chi connectivity index (χ2n) is 3.59. The summed E-state index contributed by atoms with van der Waals surface area (Å²) in [6, 6.07) is 0.701. The van der Waals surface area contributed by atoms with Gasteiger partial charge >= 0.3 is 0 Å². The lowest BCUT2D eigenvalue weighted by Gasteiger charge is -2.22. The molecule has 0 aromatic heterocycles. The minimum atomic E-state index is 0.368. The van der Waals surface area contributed by atoms with Crippen LogP contribution in [0.15, 0.2) is 0 Å². The van der Waals surface area contributed by atoms with Crippen LogP contribution in [0.3, 0.4) is 0 Å². The Morgan fingerprint density at radius 2 is 2.36 bits per heavy atom. The third-order valence-electron chi connectivity index (χ3n) is 2.79. The molecule has 0 radical (unpaired) electrons. The van der Waals surface area contributed by atoms with Crippen molar-refractivity contribution in [2.75, 3.05) is 19.7 Å². The summed E-state index contributed by atoms with van der Waals surface area (Å²) in [6.07, 6.45) is 2.40. The van der Waals surface area contributed by atoms with Gasteiger partial charge in [0.05, 0.1) is 0 Å². The molecule has 0 spiro atoms. The summed E-state index contributed by atoms with van der Waals surface area (Å²) >= 11 is 0. The molecule has 0 aromatic carbocycles. The molecule has 1 aliphatic heterocycles. The molecule has 1 saturated heterocycles. The van der Waals surface area contributed by atoms with Crippen LogP contribution >= 0.6 is 0 Å². The fourth-order valence-corrected chi connectivity index (χ4v) is 1.67. The third-order valence-corrected chi connectivity index (χ3v) is 2.79. The first kappa shape index (κ1) is 9.01. The molecule has 2 atom stereocenters. The van der Waals surface area contributed by atoms with Crippen LogP contribution in [0.25, 0.3) is 0 Å². The fraction of sp³-hybridized carbons (Fsp3) is 1.00. The zero-order valence-corrected chi connectivity index (χ0v) is 7.58. The second-order valence-corrected chi connectivity index (χ2v) is 3.59. The van der Waals surface area contributed by atoms with E-state index in [4.69, 9.17) is 5.11 Å². The van der Waals surface area contributed by atoms with Crippen LogP contribution in [0.1, 0.15) is 26.7 Å². The van der Waals surface area contributed by atoms with Gasteiger partial charge in [-0.25, -0.2) is 0 Å². The topological polar surface area (TPSA) is 23.5 Å².